The third kappa shape index (κ3) is 2.10. The topological polar surface area (TPSA) is 81.4 Å². The highest BCUT2D eigenvalue weighted by molar-refractivity contribution is 7.12. The van der Waals surface area contributed by atoms with Crippen LogP contribution in [0.3, 0.4) is 0 Å². The van der Waals surface area contributed by atoms with Crippen LogP contribution in [0, 0.1) is 0 Å². The van der Waals surface area contributed by atoms with Gasteiger partial charge in [0, 0.05) is 16.3 Å². The highest BCUT2D eigenvalue weighted by atomic mass is 32.1. The summed E-state index contributed by atoms with van der Waals surface area (Å²) in [4.78, 5) is 23.7. The molecule has 0 saturated heterocycles. The molecule has 2 amide bonds. The van der Waals surface area contributed by atoms with Gasteiger partial charge >= 0.3 is 6.09 Å². The van der Waals surface area contributed by atoms with Crippen LogP contribution in [0.5, 0.6) is 0 Å². The SMILES string of the molecule is NC(=O)OCc1cc2c(s1)CCNC2=O. The third-order valence-electron chi connectivity index (χ3n) is 2.10. The monoisotopic (exact) mass is 226 g/mol. The molecule has 1 aromatic rings. The summed E-state index contributed by atoms with van der Waals surface area (Å²) in [6, 6.07) is 1.75. The Kier molecular flexibility index (Phi) is 2.59. The zero-order valence-electron chi connectivity index (χ0n) is 7.91. The molecule has 0 bridgehead atoms. The molecule has 0 radical (unpaired) electrons. The molecule has 2 rings (SSSR count). The van der Waals surface area contributed by atoms with Crippen molar-refractivity contribution in [2.24, 2.45) is 5.73 Å². The average molecular weight is 226 g/mol. The van der Waals surface area contributed by atoms with E-state index in [0.717, 1.165) is 16.2 Å². The van der Waals surface area contributed by atoms with Crippen molar-refractivity contribution in [2.45, 2.75) is 13.0 Å². The van der Waals surface area contributed by atoms with E-state index in [4.69, 9.17) is 5.73 Å². The first-order valence-corrected chi connectivity index (χ1v) is 5.30. The first-order chi connectivity index (χ1) is 7.16. The van der Waals surface area contributed by atoms with E-state index in [-0.39, 0.29) is 12.5 Å². The van der Waals surface area contributed by atoms with Gasteiger partial charge in [0.15, 0.2) is 0 Å². The second-order valence-electron chi connectivity index (χ2n) is 3.16. The Morgan fingerprint density at radius 2 is 2.47 bits per heavy atom. The van der Waals surface area contributed by atoms with Gasteiger partial charge in [0.05, 0.1) is 5.56 Å². The standard InChI is InChI=1S/C9H10N2O3S/c10-9(13)14-4-5-3-6-7(15-5)1-2-11-8(6)12/h3H,1-2,4H2,(H2,10,13)(H,11,12). The number of nitrogens with one attached hydrogen (secondary N) is 1. The molecule has 0 aliphatic carbocycles. The summed E-state index contributed by atoms with van der Waals surface area (Å²) < 4.78 is 4.66. The Bertz CT molecular complexity index is 413. The maximum atomic E-state index is 11.4. The third-order valence-corrected chi connectivity index (χ3v) is 3.27. The lowest BCUT2D eigenvalue weighted by Crippen LogP contribution is -2.30. The van der Waals surface area contributed by atoms with E-state index in [2.05, 4.69) is 10.1 Å². The lowest BCUT2D eigenvalue weighted by Gasteiger charge is -2.10. The lowest BCUT2D eigenvalue weighted by atomic mass is 10.1. The molecule has 0 unspecified atom stereocenters. The number of ether oxygens (including phenoxy) is 1. The fourth-order valence-electron chi connectivity index (χ4n) is 1.46. The minimum Gasteiger partial charge on any atom is -0.444 e. The molecule has 0 aromatic carbocycles. The number of primary amides is 1. The largest absolute Gasteiger partial charge is 0.444 e. The van der Waals surface area contributed by atoms with Gasteiger partial charge in [-0.25, -0.2) is 4.79 Å². The second kappa shape index (κ2) is 3.90. The van der Waals surface area contributed by atoms with Crippen LogP contribution in [0.2, 0.25) is 0 Å². The molecule has 2 heterocycles. The number of thiophene rings is 1. The molecular weight excluding hydrogens is 216 g/mol. The van der Waals surface area contributed by atoms with Crippen molar-refractivity contribution in [1.29, 1.82) is 0 Å². The van der Waals surface area contributed by atoms with Gasteiger partial charge < -0.3 is 15.8 Å². The Balaban J connectivity index is 2.14. The molecule has 15 heavy (non-hydrogen) atoms. The molecular formula is C9H10N2O3S. The van der Waals surface area contributed by atoms with Crippen LogP contribution in [0.15, 0.2) is 6.07 Å². The van der Waals surface area contributed by atoms with E-state index in [9.17, 15) is 9.59 Å². The summed E-state index contributed by atoms with van der Waals surface area (Å²) in [6.07, 6.45) is 0.0355. The molecule has 1 aliphatic rings. The van der Waals surface area contributed by atoms with Crippen LogP contribution >= 0.6 is 11.3 Å². The van der Waals surface area contributed by atoms with Gasteiger partial charge in [0.1, 0.15) is 6.61 Å². The number of nitrogens with two attached hydrogens (primary N) is 1. The van der Waals surface area contributed by atoms with E-state index in [1.807, 2.05) is 0 Å². The molecule has 3 N–H and O–H groups in total. The van der Waals surface area contributed by atoms with Gasteiger partial charge in [-0.05, 0) is 12.5 Å². The van der Waals surface area contributed by atoms with Crippen molar-refractivity contribution in [2.75, 3.05) is 6.54 Å². The van der Waals surface area contributed by atoms with Crippen molar-refractivity contribution < 1.29 is 14.3 Å². The van der Waals surface area contributed by atoms with Crippen molar-refractivity contribution in [1.82, 2.24) is 5.32 Å². The van der Waals surface area contributed by atoms with Gasteiger partial charge in [-0.15, -0.1) is 11.3 Å². The number of fused-ring (bicyclic) bond motifs is 1. The first kappa shape index (κ1) is 9.97. The molecule has 1 aliphatic heterocycles. The summed E-state index contributed by atoms with van der Waals surface area (Å²) >= 11 is 1.49. The van der Waals surface area contributed by atoms with Crippen LogP contribution in [0.1, 0.15) is 20.1 Å². The number of rotatable bonds is 2. The number of hydrogen-bond donors (Lipinski definition) is 2. The van der Waals surface area contributed by atoms with Crippen LogP contribution < -0.4 is 11.1 Å². The molecule has 0 spiro atoms. The molecule has 0 saturated carbocycles. The van der Waals surface area contributed by atoms with Gasteiger partial charge in [-0.2, -0.15) is 0 Å². The maximum Gasteiger partial charge on any atom is 0.404 e. The van der Waals surface area contributed by atoms with Crippen molar-refractivity contribution >= 4 is 23.3 Å². The fourth-order valence-corrected chi connectivity index (χ4v) is 2.54. The molecule has 0 fully saturated rings. The predicted octanol–water partition coefficient (Wildman–Crippen LogP) is 0.629. The number of carbonyl (C=O) groups excluding carboxylic acids is 2. The molecule has 1 aromatic heterocycles. The summed E-state index contributed by atoms with van der Waals surface area (Å²) in [5.41, 5.74) is 5.54. The van der Waals surface area contributed by atoms with E-state index in [1.165, 1.54) is 11.3 Å². The van der Waals surface area contributed by atoms with Crippen molar-refractivity contribution in [3.63, 3.8) is 0 Å². The summed E-state index contributed by atoms with van der Waals surface area (Å²) in [5, 5.41) is 2.75. The Morgan fingerprint density at radius 1 is 1.67 bits per heavy atom. The molecule has 6 heteroatoms. The summed E-state index contributed by atoms with van der Waals surface area (Å²) in [5.74, 6) is -0.0576. The van der Waals surface area contributed by atoms with Gasteiger partial charge in [0.2, 0.25) is 0 Å². The smallest absolute Gasteiger partial charge is 0.404 e. The fraction of sp³-hybridized carbons (Fsp3) is 0.333. The lowest BCUT2D eigenvalue weighted by molar-refractivity contribution is 0.0947. The minimum atomic E-state index is -0.800. The first-order valence-electron chi connectivity index (χ1n) is 4.49. The predicted molar refractivity (Wildman–Crippen MR) is 54.7 cm³/mol. The Hall–Kier alpha value is -1.56. The van der Waals surface area contributed by atoms with E-state index in [1.54, 1.807) is 6.07 Å². The molecule has 80 valence electrons. The number of carbonyl (C=O) groups is 2. The highest BCUT2D eigenvalue weighted by Crippen LogP contribution is 2.25. The maximum absolute atomic E-state index is 11.4. The zero-order chi connectivity index (χ0) is 10.8. The minimum absolute atomic E-state index is 0.0576. The molecule has 0 atom stereocenters. The Labute approximate surface area is 90.2 Å². The average Bonchev–Trinajstić information content (AvgIpc) is 2.59. The van der Waals surface area contributed by atoms with Crippen LogP contribution in [-0.2, 0) is 17.8 Å². The highest BCUT2D eigenvalue weighted by Gasteiger charge is 2.19. The second-order valence-corrected chi connectivity index (χ2v) is 4.38. The van der Waals surface area contributed by atoms with Crippen LogP contribution in [0.4, 0.5) is 4.79 Å². The summed E-state index contributed by atoms with van der Waals surface area (Å²) in [6.45, 7) is 0.808. The molecule has 5 nitrogen and oxygen atoms in total. The van der Waals surface area contributed by atoms with Crippen molar-refractivity contribution in [3.8, 4) is 0 Å². The summed E-state index contributed by atoms with van der Waals surface area (Å²) in [7, 11) is 0. The van der Waals surface area contributed by atoms with Crippen LogP contribution in [0.25, 0.3) is 0 Å². The number of amides is 2. The van der Waals surface area contributed by atoms with Gasteiger partial charge in [-0.1, -0.05) is 0 Å². The van der Waals surface area contributed by atoms with E-state index < -0.39 is 6.09 Å². The Morgan fingerprint density at radius 3 is 3.13 bits per heavy atom. The van der Waals surface area contributed by atoms with Gasteiger partial charge in [0.25, 0.3) is 5.91 Å². The number of hydrogen-bond acceptors (Lipinski definition) is 4. The van der Waals surface area contributed by atoms with Crippen molar-refractivity contribution in [3.05, 3.63) is 21.4 Å². The zero-order valence-corrected chi connectivity index (χ0v) is 8.73. The normalized spacial score (nSPS) is 14.3. The van der Waals surface area contributed by atoms with Gasteiger partial charge in [-0.3, -0.25) is 4.79 Å². The van der Waals surface area contributed by atoms with E-state index in [0.29, 0.717) is 12.1 Å². The van der Waals surface area contributed by atoms with Crippen LogP contribution in [-0.4, -0.2) is 18.5 Å². The van der Waals surface area contributed by atoms with E-state index >= 15 is 0 Å². The quantitative estimate of drug-likeness (QED) is 0.776.